The van der Waals surface area contributed by atoms with Crippen LogP contribution >= 0.6 is 27.5 Å². The van der Waals surface area contributed by atoms with Crippen molar-refractivity contribution in [3.05, 3.63) is 46.4 Å². The summed E-state index contributed by atoms with van der Waals surface area (Å²) in [6, 6.07) is 4.51. The van der Waals surface area contributed by atoms with Crippen LogP contribution in [-0.4, -0.2) is 18.4 Å². The Morgan fingerprint density at radius 3 is 2.78 bits per heavy atom. The molecule has 0 aromatic carbocycles. The van der Waals surface area contributed by atoms with Gasteiger partial charge in [0.05, 0.1) is 5.69 Å². The van der Waals surface area contributed by atoms with Gasteiger partial charge >= 0.3 is 0 Å². The van der Waals surface area contributed by atoms with E-state index in [1.165, 1.54) is 36.8 Å². The maximum absolute atomic E-state index is 12.0. The molecule has 0 saturated heterocycles. The summed E-state index contributed by atoms with van der Waals surface area (Å²) in [6.07, 6.45) is 4.22. The summed E-state index contributed by atoms with van der Waals surface area (Å²) < 4.78 is 27.0. The lowest BCUT2D eigenvalue weighted by atomic mass is 10.4. The summed E-state index contributed by atoms with van der Waals surface area (Å²) in [5, 5.41) is 0.0747. The molecule has 0 amide bonds. The Kier molecular flexibility index (Phi) is 3.84. The highest BCUT2D eigenvalue weighted by atomic mass is 79.9. The lowest BCUT2D eigenvalue weighted by Crippen LogP contribution is -2.13. The maximum Gasteiger partial charge on any atom is 0.263 e. The first-order valence-electron chi connectivity index (χ1n) is 4.73. The largest absolute Gasteiger partial charge is 0.276 e. The van der Waals surface area contributed by atoms with E-state index in [-0.39, 0.29) is 15.7 Å². The Labute approximate surface area is 117 Å². The average molecular weight is 349 g/mol. The molecule has 18 heavy (non-hydrogen) atoms. The number of hydrogen-bond donors (Lipinski definition) is 1. The Balaban J connectivity index is 2.37. The highest BCUT2D eigenvalue weighted by Gasteiger charge is 2.16. The molecule has 0 aliphatic rings. The van der Waals surface area contributed by atoms with E-state index >= 15 is 0 Å². The van der Waals surface area contributed by atoms with E-state index in [2.05, 4.69) is 30.6 Å². The van der Waals surface area contributed by atoms with Crippen LogP contribution in [-0.2, 0) is 10.0 Å². The molecule has 2 aromatic heterocycles. The lowest BCUT2D eigenvalue weighted by Gasteiger charge is -2.08. The van der Waals surface area contributed by atoms with E-state index in [1.54, 1.807) is 0 Å². The smallest absolute Gasteiger partial charge is 0.263 e. The van der Waals surface area contributed by atoms with Crippen LogP contribution in [0.2, 0.25) is 5.15 Å². The Hall–Kier alpha value is -1.18. The second-order valence-electron chi connectivity index (χ2n) is 3.29. The molecule has 0 aliphatic heterocycles. The van der Waals surface area contributed by atoms with Gasteiger partial charge in [-0.15, -0.1) is 0 Å². The number of hydrogen-bond acceptors (Lipinski definition) is 4. The Bertz CT molecular complexity index is 664. The summed E-state index contributed by atoms with van der Waals surface area (Å²) >= 11 is 9.01. The van der Waals surface area contributed by atoms with Crippen LogP contribution in [0.25, 0.3) is 0 Å². The third-order valence-electron chi connectivity index (χ3n) is 1.99. The molecule has 0 aliphatic carbocycles. The zero-order valence-corrected chi connectivity index (χ0v) is 12.0. The monoisotopic (exact) mass is 347 g/mol. The van der Waals surface area contributed by atoms with Gasteiger partial charge in [-0.3, -0.25) is 9.71 Å². The van der Waals surface area contributed by atoms with E-state index in [4.69, 9.17) is 11.6 Å². The van der Waals surface area contributed by atoms with Gasteiger partial charge in [0.1, 0.15) is 4.90 Å². The molecule has 2 heterocycles. The molecule has 0 unspecified atom stereocenters. The normalized spacial score (nSPS) is 11.2. The minimum absolute atomic E-state index is 0.0565. The summed E-state index contributed by atoms with van der Waals surface area (Å²) in [5.41, 5.74) is 0.204. The zero-order chi connectivity index (χ0) is 13.2. The van der Waals surface area contributed by atoms with Gasteiger partial charge in [-0.05, 0) is 34.1 Å². The standard InChI is InChI=1S/C10H7BrClN3O2S/c11-7-4-9(10(12)14-5-7)15-18(16,17)8-2-1-3-13-6-8/h1-6,15H. The molecular weight excluding hydrogens is 342 g/mol. The molecule has 1 N–H and O–H groups in total. The summed E-state index contributed by atoms with van der Waals surface area (Å²) in [7, 11) is -3.71. The molecule has 0 bridgehead atoms. The molecule has 0 atom stereocenters. The summed E-state index contributed by atoms with van der Waals surface area (Å²) in [4.78, 5) is 7.64. The van der Waals surface area contributed by atoms with Crippen molar-refractivity contribution in [2.45, 2.75) is 4.90 Å². The number of pyridine rings is 2. The van der Waals surface area contributed by atoms with Gasteiger partial charge in [-0.1, -0.05) is 11.6 Å². The average Bonchev–Trinajstić information content (AvgIpc) is 2.35. The predicted molar refractivity (Wildman–Crippen MR) is 72.0 cm³/mol. The van der Waals surface area contributed by atoms with Crippen LogP contribution in [0.4, 0.5) is 5.69 Å². The first kappa shape index (κ1) is 13.3. The third kappa shape index (κ3) is 2.98. The summed E-state index contributed by atoms with van der Waals surface area (Å²) in [6.45, 7) is 0. The van der Waals surface area contributed by atoms with Crippen molar-refractivity contribution in [1.29, 1.82) is 0 Å². The number of sulfonamides is 1. The predicted octanol–water partition coefficient (Wildman–Crippen LogP) is 2.69. The minimum Gasteiger partial charge on any atom is -0.276 e. The number of rotatable bonds is 3. The van der Waals surface area contributed by atoms with E-state index in [9.17, 15) is 8.42 Å². The molecule has 0 saturated carbocycles. The van der Waals surface area contributed by atoms with Crippen molar-refractivity contribution in [1.82, 2.24) is 9.97 Å². The fraction of sp³-hybridized carbons (Fsp3) is 0. The van der Waals surface area contributed by atoms with Crippen LogP contribution in [0, 0.1) is 0 Å². The van der Waals surface area contributed by atoms with E-state index in [1.807, 2.05) is 0 Å². The van der Waals surface area contributed by atoms with Crippen molar-refractivity contribution in [2.75, 3.05) is 4.72 Å². The number of halogens is 2. The van der Waals surface area contributed by atoms with Crippen molar-refractivity contribution in [3.63, 3.8) is 0 Å². The van der Waals surface area contributed by atoms with Crippen molar-refractivity contribution in [2.24, 2.45) is 0 Å². The Morgan fingerprint density at radius 2 is 2.11 bits per heavy atom. The van der Waals surface area contributed by atoms with Crippen LogP contribution in [0.5, 0.6) is 0 Å². The Morgan fingerprint density at radius 1 is 1.33 bits per heavy atom. The van der Waals surface area contributed by atoms with Crippen LogP contribution in [0.3, 0.4) is 0 Å². The second-order valence-corrected chi connectivity index (χ2v) is 6.24. The SMILES string of the molecule is O=S(=O)(Nc1cc(Br)cnc1Cl)c1cccnc1. The van der Waals surface area contributed by atoms with Gasteiger partial charge in [-0.2, -0.15) is 0 Å². The molecule has 94 valence electrons. The number of nitrogens with zero attached hydrogens (tertiary/aromatic N) is 2. The maximum atomic E-state index is 12.0. The zero-order valence-electron chi connectivity index (χ0n) is 8.84. The second kappa shape index (κ2) is 5.21. The van der Waals surface area contributed by atoms with Crippen LogP contribution in [0.15, 0.2) is 46.2 Å². The fourth-order valence-electron chi connectivity index (χ4n) is 1.20. The lowest BCUT2D eigenvalue weighted by molar-refractivity contribution is 0.601. The van der Waals surface area contributed by atoms with Gasteiger partial charge in [0.2, 0.25) is 0 Å². The van der Waals surface area contributed by atoms with Gasteiger partial charge in [0.25, 0.3) is 10.0 Å². The number of anilines is 1. The van der Waals surface area contributed by atoms with Crippen molar-refractivity contribution < 1.29 is 8.42 Å². The first-order chi connectivity index (χ1) is 8.49. The van der Waals surface area contributed by atoms with Gasteiger partial charge in [0, 0.05) is 23.1 Å². The van der Waals surface area contributed by atoms with Gasteiger partial charge in [0.15, 0.2) is 5.15 Å². The van der Waals surface area contributed by atoms with Gasteiger partial charge < -0.3 is 0 Å². The molecule has 2 aromatic rings. The van der Waals surface area contributed by atoms with Crippen LogP contribution < -0.4 is 4.72 Å². The van der Waals surface area contributed by atoms with Crippen LogP contribution in [0.1, 0.15) is 0 Å². The number of aromatic nitrogens is 2. The van der Waals surface area contributed by atoms with Gasteiger partial charge in [-0.25, -0.2) is 13.4 Å². The van der Waals surface area contributed by atoms with E-state index < -0.39 is 10.0 Å². The topological polar surface area (TPSA) is 72.0 Å². The van der Waals surface area contributed by atoms with Crippen molar-refractivity contribution in [3.8, 4) is 0 Å². The minimum atomic E-state index is -3.71. The highest BCUT2D eigenvalue weighted by molar-refractivity contribution is 9.10. The highest BCUT2D eigenvalue weighted by Crippen LogP contribution is 2.25. The molecule has 0 fully saturated rings. The summed E-state index contributed by atoms with van der Waals surface area (Å²) in [5.74, 6) is 0. The quantitative estimate of drug-likeness (QED) is 0.866. The molecule has 0 spiro atoms. The molecular formula is C10H7BrClN3O2S. The molecule has 5 nitrogen and oxygen atoms in total. The molecule has 8 heteroatoms. The van der Waals surface area contributed by atoms with E-state index in [0.717, 1.165) is 0 Å². The fourth-order valence-corrected chi connectivity index (χ4v) is 2.76. The third-order valence-corrected chi connectivity index (χ3v) is 4.08. The van der Waals surface area contributed by atoms with Crippen molar-refractivity contribution >= 4 is 43.2 Å². The first-order valence-corrected chi connectivity index (χ1v) is 7.38. The van der Waals surface area contributed by atoms with E-state index in [0.29, 0.717) is 4.47 Å². The molecule has 2 rings (SSSR count). The molecule has 0 radical (unpaired) electrons. The number of nitrogens with one attached hydrogen (secondary N) is 1.